The average molecular weight is 458 g/mol. The zero-order valence-corrected chi connectivity index (χ0v) is 18.5. The lowest BCUT2D eigenvalue weighted by molar-refractivity contribution is 0.210. The van der Waals surface area contributed by atoms with E-state index in [1.54, 1.807) is 0 Å². The summed E-state index contributed by atoms with van der Waals surface area (Å²) in [6.07, 6.45) is 2.61. The molecule has 1 saturated heterocycles. The predicted octanol–water partition coefficient (Wildman–Crippen LogP) is 3.48. The van der Waals surface area contributed by atoms with Gasteiger partial charge < -0.3 is 15.5 Å². The van der Waals surface area contributed by atoms with Crippen molar-refractivity contribution >= 4 is 29.9 Å². The summed E-state index contributed by atoms with van der Waals surface area (Å²) in [6, 6.07) is 10.6. The van der Waals surface area contributed by atoms with Crippen LogP contribution in [0.25, 0.3) is 0 Å². The molecule has 142 valence electrons. The summed E-state index contributed by atoms with van der Waals surface area (Å²) >= 11 is 0. The van der Waals surface area contributed by atoms with Gasteiger partial charge in [0.15, 0.2) is 5.96 Å². The fourth-order valence-corrected chi connectivity index (χ4v) is 3.28. The molecule has 1 aromatic rings. The highest BCUT2D eigenvalue weighted by Crippen LogP contribution is 2.23. The van der Waals surface area contributed by atoms with Gasteiger partial charge >= 0.3 is 0 Å². The van der Waals surface area contributed by atoms with E-state index in [9.17, 15) is 0 Å². The summed E-state index contributed by atoms with van der Waals surface area (Å²) in [5, 5.41) is 6.93. The van der Waals surface area contributed by atoms with Crippen molar-refractivity contribution in [2.45, 2.75) is 39.0 Å². The number of nitrogens with one attached hydrogen (secondary N) is 2. The second kappa shape index (κ2) is 11.0. The molecule has 1 heterocycles. The van der Waals surface area contributed by atoms with Gasteiger partial charge in [-0.2, -0.15) is 0 Å². The summed E-state index contributed by atoms with van der Waals surface area (Å²) in [4.78, 5) is 7.27. The third kappa shape index (κ3) is 7.52. The Hall–Kier alpha value is -0.820. The van der Waals surface area contributed by atoms with Gasteiger partial charge in [-0.1, -0.05) is 44.2 Å². The number of benzene rings is 1. The maximum Gasteiger partial charge on any atom is 0.191 e. The zero-order chi connectivity index (χ0) is 17.4. The van der Waals surface area contributed by atoms with Crippen LogP contribution in [-0.4, -0.2) is 50.6 Å². The maximum atomic E-state index is 4.85. The van der Waals surface area contributed by atoms with Crippen molar-refractivity contribution in [3.05, 3.63) is 35.9 Å². The molecule has 1 aliphatic rings. The number of hydrogen-bond donors (Lipinski definition) is 2. The Bertz CT molecular complexity index is 516. The van der Waals surface area contributed by atoms with E-state index in [0.717, 1.165) is 31.5 Å². The first-order chi connectivity index (χ1) is 11.5. The fraction of sp³-hybridized carbons (Fsp3) is 0.650. The lowest BCUT2D eigenvalue weighted by atomic mass is 9.85. The highest BCUT2D eigenvalue weighted by Gasteiger charge is 2.21. The van der Waals surface area contributed by atoms with Crippen LogP contribution in [0.2, 0.25) is 0 Å². The van der Waals surface area contributed by atoms with E-state index in [-0.39, 0.29) is 29.4 Å². The van der Waals surface area contributed by atoms with Gasteiger partial charge in [0.1, 0.15) is 0 Å². The van der Waals surface area contributed by atoms with Gasteiger partial charge in [0.2, 0.25) is 0 Å². The van der Waals surface area contributed by atoms with Crippen molar-refractivity contribution in [3.63, 3.8) is 0 Å². The SMILES string of the molecule is CCNC(=NCC(C)(C)c1ccccc1)NCC1CCCN(C)C1.I. The molecule has 2 rings (SSSR count). The van der Waals surface area contributed by atoms with E-state index in [0.29, 0.717) is 0 Å². The minimum absolute atomic E-state index is 0. The molecule has 1 atom stereocenters. The first kappa shape index (κ1) is 22.2. The molecule has 1 unspecified atom stereocenters. The first-order valence-electron chi connectivity index (χ1n) is 9.27. The molecule has 0 aromatic heterocycles. The van der Waals surface area contributed by atoms with Crippen molar-refractivity contribution in [1.82, 2.24) is 15.5 Å². The Morgan fingerprint density at radius 2 is 1.96 bits per heavy atom. The molecule has 0 spiro atoms. The molecule has 1 aromatic carbocycles. The van der Waals surface area contributed by atoms with E-state index in [2.05, 4.69) is 73.7 Å². The van der Waals surface area contributed by atoms with Crippen molar-refractivity contribution in [2.75, 3.05) is 39.8 Å². The third-order valence-corrected chi connectivity index (χ3v) is 4.81. The van der Waals surface area contributed by atoms with Crippen molar-refractivity contribution < 1.29 is 0 Å². The lowest BCUT2D eigenvalue weighted by Crippen LogP contribution is -2.44. The Kier molecular flexibility index (Phi) is 9.79. The van der Waals surface area contributed by atoms with Crippen molar-refractivity contribution in [3.8, 4) is 0 Å². The number of aliphatic imine (C=N–C) groups is 1. The van der Waals surface area contributed by atoms with Gasteiger partial charge in [-0.25, -0.2) is 0 Å². The molecular formula is C20H35IN4. The largest absolute Gasteiger partial charge is 0.357 e. The van der Waals surface area contributed by atoms with E-state index in [1.165, 1.54) is 31.5 Å². The van der Waals surface area contributed by atoms with Crippen LogP contribution in [0.5, 0.6) is 0 Å². The molecular weight excluding hydrogens is 423 g/mol. The Morgan fingerprint density at radius 3 is 2.60 bits per heavy atom. The Balaban J connectivity index is 0.00000312. The Labute approximate surface area is 170 Å². The van der Waals surface area contributed by atoms with E-state index in [1.807, 2.05) is 0 Å². The smallest absolute Gasteiger partial charge is 0.191 e. The second-order valence-corrected chi connectivity index (χ2v) is 7.60. The molecule has 2 N–H and O–H groups in total. The quantitative estimate of drug-likeness (QED) is 0.390. The van der Waals surface area contributed by atoms with E-state index in [4.69, 9.17) is 4.99 Å². The molecule has 0 saturated carbocycles. The van der Waals surface area contributed by atoms with Gasteiger partial charge in [0.25, 0.3) is 0 Å². The van der Waals surface area contributed by atoms with Crippen molar-refractivity contribution in [1.29, 1.82) is 0 Å². The van der Waals surface area contributed by atoms with Gasteiger partial charge in [-0.15, -0.1) is 24.0 Å². The number of guanidine groups is 1. The number of halogens is 1. The van der Waals surface area contributed by atoms with E-state index < -0.39 is 0 Å². The van der Waals surface area contributed by atoms with Crippen molar-refractivity contribution in [2.24, 2.45) is 10.9 Å². The average Bonchev–Trinajstić information content (AvgIpc) is 2.58. The number of rotatable bonds is 6. The predicted molar refractivity (Wildman–Crippen MR) is 119 cm³/mol. The van der Waals surface area contributed by atoms with Crippen LogP contribution in [0, 0.1) is 5.92 Å². The second-order valence-electron chi connectivity index (χ2n) is 7.60. The van der Waals surface area contributed by atoms with E-state index >= 15 is 0 Å². The summed E-state index contributed by atoms with van der Waals surface area (Å²) < 4.78 is 0. The summed E-state index contributed by atoms with van der Waals surface area (Å²) in [6.45, 7) is 11.7. The normalized spacial score (nSPS) is 19.2. The number of hydrogen-bond acceptors (Lipinski definition) is 2. The van der Waals surface area contributed by atoms with Gasteiger partial charge in [-0.3, -0.25) is 4.99 Å². The molecule has 0 amide bonds. The first-order valence-corrected chi connectivity index (χ1v) is 9.27. The topological polar surface area (TPSA) is 39.7 Å². The monoisotopic (exact) mass is 458 g/mol. The molecule has 5 heteroatoms. The maximum absolute atomic E-state index is 4.85. The summed E-state index contributed by atoms with van der Waals surface area (Å²) in [5.74, 6) is 1.66. The van der Waals surface area contributed by atoms with Gasteiger partial charge in [0, 0.05) is 25.0 Å². The third-order valence-electron chi connectivity index (χ3n) is 4.81. The number of likely N-dealkylation sites (tertiary alicyclic amines) is 1. The minimum Gasteiger partial charge on any atom is -0.357 e. The molecule has 1 fully saturated rings. The van der Waals surface area contributed by atoms with Crippen LogP contribution in [0.15, 0.2) is 35.3 Å². The van der Waals surface area contributed by atoms with Gasteiger partial charge in [-0.05, 0) is 44.8 Å². The lowest BCUT2D eigenvalue weighted by Gasteiger charge is -2.30. The van der Waals surface area contributed by atoms with Crippen LogP contribution in [0.4, 0.5) is 0 Å². The van der Waals surface area contributed by atoms with Crippen LogP contribution in [0.3, 0.4) is 0 Å². The summed E-state index contributed by atoms with van der Waals surface area (Å²) in [7, 11) is 2.22. The highest BCUT2D eigenvalue weighted by atomic mass is 127. The minimum atomic E-state index is 0. The van der Waals surface area contributed by atoms with Crippen LogP contribution in [0.1, 0.15) is 39.2 Å². The number of piperidine rings is 1. The molecule has 1 aliphatic heterocycles. The fourth-order valence-electron chi connectivity index (χ4n) is 3.28. The van der Waals surface area contributed by atoms with Crippen LogP contribution >= 0.6 is 24.0 Å². The number of nitrogens with zero attached hydrogens (tertiary/aromatic N) is 2. The molecule has 0 aliphatic carbocycles. The summed E-state index contributed by atoms with van der Waals surface area (Å²) in [5.41, 5.74) is 1.37. The molecule has 0 bridgehead atoms. The molecule has 25 heavy (non-hydrogen) atoms. The Morgan fingerprint density at radius 1 is 1.24 bits per heavy atom. The van der Waals surface area contributed by atoms with Gasteiger partial charge in [0.05, 0.1) is 6.54 Å². The van der Waals surface area contributed by atoms with Crippen LogP contribution in [-0.2, 0) is 5.41 Å². The molecule has 0 radical (unpaired) electrons. The standard InChI is InChI=1S/C20H34N4.HI/c1-5-21-19(22-14-17-10-9-13-24(4)15-17)23-16-20(2,3)18-11-7-6-8-12-18;/h6-8,11-12,17H,5,9-10,13-16H2,1-4H3,(H2,21,22,23);1H. The van der Waals surface area contributed by atoms with Crippen LogP contribution < -0.4 is 10.6 Å². The highest BCUT2D eigenvalue weighted by molar-refractivity contribution is 14.0. The molecule has 4 nitrogen and oxygen atoms in total. The zero-order valence-electron chi connectivity index (χ0n) is 16.2.